The van der Waals surface area contributed by atoms with Crippen molar-refractivity contribution in [3.05, 3.63) is 47.5 Å². The standard InChI is InChI=1S/C13H14N4O2S/c1-9-7-12(4-3-11(9)8-14)20(18,19)17-10(2)13-15-5-6-16-13/h3-7,10,17H,1-2H3,(H,15,16). The van der Waals surface area contributed by atoms with Gasteiger partial charge in [-0.05, 0) is 37.6 Å². The van der Waals surface area contributed by atoms with Crippen LogP contribution in [0.3, 0.4) is 0 Å². The molecule has 1 unspecified atom stereocenters. The van der Waals surface area contributed by atoms with E-state index in [0.717, 1.165) is 0 Å². The number of nitriles is 1. The van der Waals surface area contributed by atoms with Gasteiger partial charge in [0.1, 0.15) is 5.82 Å². The van der Waals surface area contributed by atoms with E-state index in [-0.39, 0.29) is 4.90 Å². The van der Waals surface area contributed by atoms with Gasteiger partial charge in [-0.1, -0.05) is 0 Å². The number of imidazole rings is 1. The second-order valence-corrected chi connectivity index (χ2v) is 6.12. The molecule has 0 bridgehead atoms. The minimum absolute atomic E-state index is 0.132. The Bertz CT molecular complexity index is 745. The highest BCUT2D eigenvalue weighted by Crippen LogP contribution is 2.17. The molecule has 0 aliphatic heterocycles. The van der Waals surface area contributed by atoms with Crippen molar-refractivity contribution in [3.63, 3.8) is 0 Å². The zero-order valence-electron chi connectivity index (χ0n) is 11.1. The molecule has 2 aromatic rings. The van der Waals surface area contributed by atoms with Crippen molar-refractivity contribution in [2.45, 2.75) is 24.8 Å². The predicted octanol–water partition coefficient (Wildman–Crippen LogP) is 1.63. The molecule has 0 fully saturated rings. The number of sulfonamides is 1. The third kappa shape index (κ3) is 2.87. The highest BCUT2D eigenvalue weighted by atomic mass is 32.2. The fourth-order valence-corrected chi connectivity index (χ4v) is 3.09. The number of benzene rings is 1. The zero-order chi connectivity index (χ0) is 14.8. The molecule has 104 valence electrons. The molecular formula is C13H14N4O2S. The summed E-state index contributed by atoms with van der Waals surface area (Å²) in [6.45, 7) is 3.40. The summed E-state index contributed by atoms with van der Waals surface area (Å²) in [5, 5.41) is 8.86. The highest BCUT2D eigenvalue weighted by molar-refractivity contribution is 7.89. The van der Waals surface area contributed by atoms with Gasteiger partial charge in [-0.25, -0.2) is 18.1 Å². The molecule has 0 radical (unpaired) electrons. The molecule has 6 nitrogen and oxygen atoms in total. The van der Waals surface area contributed by atoms with Crippen LogP contribution in [-0.2, 0) is 10.0 Å². The summed E-state index contributed by atoms with van der Waals surface area (Å²) in [6.07, 6.45) is 3.19. The fraction of sp³-hybridized carbons (Fsp3) is 0.231. The van der Waals surface area contributed by atoms with E-state index in [4.69, 9.17) is 5.26 Å². The Hall–Kier alpha value is -2.17. The Morgan fingerprint density at radius 1 is 1.45 bits per heavy atom. The van der Waals surface area contributed by atoms with Crippen molar-refractivity contribution in [2.24, 2.45) is 0 Å². The highest BCUT2D eigenvalue weighted by Gasteiger charge is 2.20. The molecule has 20 heavy (non-hydrogen) atoms. The van der Waals surface area contributed by atoms with Crippen molar-refractivity contribution in [3.8, 4) is 6.07 Å². The van der Waals surface area contributed by atoms with E-state index in [0.29, 0.717) is 17.0 Å². The van der Waals surface area contributed by atoms with E-state index in [1.54, 1.807) is 26.2 Å². The summed E-state index contributed by atoms with van der Waals surface area (Å²) in [6, 6.07) is 5.94. The van der Waals surface area contributed by atoms with Gasteiger partial charge in [-0.3, -0.25) is 0 Å². The van der Waals surface area contributed by atoms with E-state index in [9.17, 15) is 8.42 Å². The number of aryl methyl sites for hydroxylation is 1. The molecule has 0 saturated carbocycles. The molecule has 0 saturated heterocycles. The molecule has 1 aromatic heterocycles. The van der Waals surface area contributed by atoms with Crippen molar-refractivity contribution in [2.75, 3.05) is 0 Å². The van der Waals surface area contributed by atoms with Crippen molar-refractivity contribution >= 4 is 10.0 Å². The second kappa shape index (κ2) is 5.45. The topological polar surface area (TPSA) is 98.6 Å². The molecule has 1 atom stereocenters. The SMILES string of the molecule is Cc1cc(S(=O)(=O)NC(C)c2ncc[nH]2)ccc1C#N. The van der Waals surface area contributed by atoms with E-state index in [1.807, 2.05) is 6.07 Å². The van der Waals surface area contributed by atoms with Crippen LogP contribution >= 0.6 is 0 Å². The van der Waals surface area contributed by atoms with E-state index in [2.05, 4.69) is 14.7 Å². The van der Waals surface area contributed by atoms with Gasteiger partial charge < -0.3 is 4.98 Å². The number of aromatic nitrogens is 2. The number of H-pyrrole nitrogens is 1. The maximum atomic E-state index is 12.3. The van der Waals surface area contributed by atoms with Gasteiger partial charge in [0.2, 0.25) is 10.0 Å². The van der Waals surface area contributed by atoms with E-state index >= 15 is 0 Å². The minimum Gasteiger partial charge on any atom is -0.347 e. The Morgan fingerprint density at radius 2 is 2.20 bits per heavy atom. The number of hydrogen-bond acceptors (Lipinski definition) is 4. The summed E-state index contributed by atoms with van der Waals surface area (Å²) in [7, 11) is -3.65. The van der Waals surface area contributed by atoms with Crippen LogP contribution in [0.5, 0.6) is 0 Å². The first-order valence-electron chi connectivity index (χ1n) is 5.96. The van der Waals surface area contributed by atoms with Gasteiger partial charge in [-0.2, -0.15) is 5.26 Å². The molecule has 2 N–H and O–H groups in total. The largest absolute Gasteiger partial charge is 0.347 e. The average Bonchev–Trinajstić information content (AvgIpc) is 2.92. The lowest BCUT2D eigenvalue weighted by atomic mass is 10.1. The summed E-state index contributed by atoms with van der Waals surface area (Å²) in [4.78, 5) is 7.00. The number of nitrogens with zero attached hydrogens (tertiary/aromatic N) is 2. The van der Waals surface area contributed by atoms with Gasteiger partial charge in [0.15, 0.2) is 0 Å². The lowest BCUT2D eigenvalue weighted by molar-refractivity contribution is 0.561. The zero-order valence-corrected chi connectivity index (χ0v) is 11.9. The summed E-state index contributed by atoms with van der Waals surface area (Å²) in [5.41, 5.74) is 1.09. The molecular weight excluding hydrogens is 276 g/mol. The fourth-order valence-electron chi connectivity index (χ4n) is 1.80. The van der Waals surface area contributed by atoms with E-state index < -0.39 is 16.1 Å². The predicted molar refractivity (Wildman–Crippen MR) is 73.2 cm³/mol. The maximum absolute atomic E-state index is 12.3. The van der Waals surface area contributed by atoms with Gasteiger partial charge >= 0.3 is 0 Å². The number of nitrogens with one attached hydrogen (secondary N) is 2. The lowest BCUT2D eigenvalue weighted by Gasteiger charge is -2.12. The molecule has 1 aromatic carbocycles. The molecule has 0 aliphatic carbocycles. The van der Waals surface area contributed by atoms with E-state index in [1.165, 1.54) is 18.2 Å². The first-order chi connectivity index (χ1) is 9.44. The Balaban J connectivity index is 2.27. The van der Waals surface area contributed by atoms with Crippen molar-refractivity contribution < 1.29 is 8.42 Å². The Labute approximate surface area is 117 Å². The Kier molecular flexibility index (Phi) is 3.88. The first-order valence-corrected chi connectivity index (χ1v) is 7.44. The van der Waals surface area contributed by atoms with Crippen molar-refractivity contribution in [1.29, 1.82) is 5.26 Å². The average molecular weight is 290 g/mol. The first kappa shape index (κ1) is 14.2. The number of hydrogen-bond donors (Lipinski definition) is 2. The molecule has 1 heterocycles. The number of rotatable bonds is 4. The lowest BCUT2D eigenvalue weighted by Crippen LogP contribution is -2.27. The maximum Gasteiger partial charge on any atom is 0.241 e. The number of aromatic amines is 1. The summed E-state index contributed by atoms with van der Waals surface area (Å²) >= 11 is 0. The molecule has 7 heteroatoms. The van der Waals surface area contributed by atoms with Gasteiger partial charge in [-0.15, -0.1) is 0 Å². The molecule has 0 amide bonds. The molecule has 0 aliphatic rings. The van der Waals surface area contributed by atoms with Crippen LogP contribution in [-0.4, -0.2) is 18.4 Å². The monoisotopic (exact) mass is 290 g/mol. The van der Waals surface area contributed by atoms with Gasteiger partial charge in [0.05, 0.1) is 22.6 Å². The third-order valence-corrected chi connectivity index (χ3v) is 4.43. The third-order valence-electron chi connectivity index (χ3n) is 2.89. The van der Waals surface area contributed by atoms with Crippen molar-refractivity contribution in [1.82, 2.24) is 14.7 Å². The van der Waals surface area contributed by atoms with Gasteiger partial charge in [0.25, 0.3) is 0 Å². The minimum atomic E-state index is -3.65. The van der Waals surface area contributed by atoms with Crippen LogP contribution in [0.25, 0.3) is 0 Å². The molecule has 0 spiro atoms. The Morgan fingerprint density at radius 3 is 2.75 bits per heavy atom. The van der Waals surface area contributed by atoms with Crippen LogP contribution in [0, 0.1) is 18.3 Å². The van der Waals surface area contributed by atoms with Crippen LogP contribution in [0.2, 0.25) is 0 Å². The normalized spacial score (nSPS) is 12.8. The quantitative estimate of drug-likeness (QED) is 0.894. The summed E-state index contributed by atoms with van der Waals surface area (Å²) < 4.78 is 27.0. The summed E-state index contributed by atoms with van der Waals surface area (Å²) in [5.74, 6) is 0.541. The van der Waals surface area contributed by atoms with Crippen LogP contribution in [0.4, 0.5) is 0 Å². The smallest absolute Gasteiger partial charge is 0.241 e. The molecule has 2 rings (SSSR count). The van der Waals surface area contributed by atoms with Crippen LogP contribution < -0.4 is 4.72 Å². The van der Waals surface area contributed by atoms with Crippen LogP contribution in [0.15, 0.2) is 35.5 Å². The van der Waals surface area contributed by atoms with Gasteiger partial charge in [0, 0.05) is 12.4 Å². The van der Waals surface area contributed by atoms with Crippen LogP contribution in [0.1, 0.15) is 29.9 Å². The second-order valence-electron chi connectivity index (χ2n) is 4.41.